The zero-order valence-electron chi connectivity index (χ0n) is 11.4. The summed E-state index contributed by atoms with van der Waals surface area (Å²) in [5.74, 6) is 1.19. The minimum atomic E-state index is -0.0776. The van der Waals surface area contributed by atoms with Crippen molar-refractivity contribution in [1.29, 1.82) is 0 Å². The van der Waals surface area contributed by atoms with Crippen LogP contribution >= 0.6 is 11.3 Å². The van der Waals surface area contributed by atoms with Crippen LogP contribution in [0.1, 0.15) is 31.2 Å². The number of hydrogen-bond donors (Lipinski definition) is 2. The molecule has 1 saturated carbocycles. The summed E-state index contributed by atoms with van der Waals surface area (Å²) in [5, 5.41) is 23.6. The van der Waals surface area contributed by atoms with Gasteiger partial charge >= 0.3 is 0 Å². The number of anilines is 1. The topological polar surface area (TPSA) is 61.3 Å². The molecule has 1 aromatic rings. The SMILES string of the molecule is CCCNc1nnc(CN2CC3CCC(O)C3C2)s1. The number of aliphatic hydroxyl groups excluding tert-OH is 1. The highest BCUT2D eigenvalue weighted by Crippen LogP contribution is 2.38. The van der Waals surface area contributed by atoms with Gasteiger partial charge in [0.05, 0.1) is 12.6 Å². The number of likely N-dealkylation sites (tertiary alicyclic amines) is 1. The molecule has 0 amide bonds. The van der Waals surface area contributed by atoms with E-state index < -0.39 is 0 Å². The summed E-state index contributed by atoms with van der Waals surface area (Å²) >= 11 is 1.65. The highest BCUT2D eigenvalue weighted by Gasteiger charge is 2.41. The zero-order valence-corrected chi connectivity index (χ0v) is 12.2. The summed E-state index contributed by atoms with van der Waals surface area (Å²) in [4.78, 5) is 2.42. The lowest BCUT2D eigenvalue weighted by atomic mass is 10.00. The van der Waals surface area contributed by atoms with Crippen LogP contribution in [-0.4, -0.2) is 45.9 Å². The number of fused-ring (bicyclic) bond motifs is 1. The molecule has 3 atom stereocenters. The molecule has 0 spiro atoms. The van der Waals surface area contributed by atoms with Crippen LogP contribution in [0.2, 0.25) is 0 Å². The second kappa shape index (κ2) is 5.73. The molecule has 6 heteroatoms. The van der Waals surface area contributed by atoms with Gasteiger partial charge in [-0.2, -0.15) is 0 Å². The molecule has 2 N–H and O–H groups in total. The maximum atomic E-state index is 9.92. The maximum absolute atomic E-state index is 9.92. The van der Waals surface area contributed by atoms with Crippen molar-refractivity contribution in [2.45, 2.75) is 38.8 Å². The molecule has 106 valence electrons. The lowest BCUT2D eigenvalue weighted by Gasteiger charge is -2.15. The molecular weight excluding hydrogens is 260 g/mol. The number of hydrogen-bond acceptors (Lipinski definition) is 6. The molecule has 1 aromatic heterocycles. The summed E-state index contributed by atoms with van der Waals surface area (Å²) in [6, 6.07) is 0. The Morgan fingerprint density at radius 1 is 1.37 bits per heavy atom. The van der Waals surface area contributed by atoms with Crippen molar-refractivity contribution >= 4 is 16.5 Å². The van der Waals surface area contributed by atoms with Gasteiger partial charge in [0.15, 0.2) is 0 Å². The Morgan fingerprint density at radius 3 is 3.05 bits per heavy atom. The summed E-state index contributed by atoms with van der Waals surface area (Å²) in [6.45, 7) is 6.10. The Balaban J connectivity index is 1.53. The van der Waals surface area contributed by atoms with Gasteiger partial charge in [-0.15, -0.1) is 10.2 Å². The van der Waals surface area contributed by atoms with E-state index in [9.17, 15) is 5.11 Å². The highest BCUT2D eigenvalue weighted by molar-refractivity contribution is 7.15. The molecule has 2 aliphatic rings. The lowest BCUT2D eigenvalue weighted by molar-refractivity contribution is 0.123. The molecule has 0 radical (unpaired) electrons. The molecule has 1 saturated heterocycles. The second-order valence-corrected chi connectivity index (χ2v) is 6.75. The van der Waals surface area contributed by atoms with Gasteiger partial charge in [-0.25, -0.2) is 0 Å². The van der Waals surface area contributed by atoms with Gasteiger partial charge in [-0.1, -0.05) is 18.3 Å². The smallest absolute Gasteiger partial charge is 0.205 e. The van der Waals surface area contributed by atoms with Crippen LogP contribution in [0.3, 0.4) is 0 Å². The predicted octanol–water partition coefficient (Wildman–Crippen LogP) is 1.56. The van der Waals surface area contributed by atoms with Gasteiger partial charge in [0.1, 0.15) is 5.01 Å². The van der Waals surface area contributed by atoms with Crippen LogP contribution in [0.4, 0.5) is 5.13 Å². The first kappa shape index (κ1) is 13.3. The van der Waals surface area contributed by atoms with Crippen LogP contribution in [0, 0.1) is 11.8 Å². The van der Waals surface area contributed by atoms with Gasteiger partial charge in [0.2, 0.25) is 5.13 Å². The van der Waals surface area contributed by atoms with E-state index in [1.807, 2.05) is 0 Å². The molecule has 3 rings (SSSR count). The average molecular weight is 282 g/mol. The average Bonchev–Trinajstić information content (AvgIpc) is 3.07. The molecule has 2 fully saturated rings. The van der Waals surface area contributed by atoms with Crippen LogP contribution in [-0.2, 0) is 6.54 Å². The standard InChI is InChI=1S/C13H22N4OS/c1-2-5-14-13-16-15-12(19-13)8-17-6-9-3-4-11(18)10(9)7-17/h9-11,18H,2-8H2,1H3,(H,14,16). The van der Waals surface area contributed by atoms with Crippen molar-refractivity contribution in [3.8, 4) is 0 Å². The Kier molecular flexibility index (Phi) is 4.00. The molecular formula is C13H22N4OS. The monoisotopic (exact) mass is 282 g/mol. The third kappa shape index (κ3) is 2.90. The lowest BCUT2D eigenvalue weighted by Crippen LogP contribution is -2.24. The number of nitrogens with zero attached hydrogens (tertiary/aromatic N) is 3. The third-order valence-electron chi connectivity index (χ3n) is 4.25. The minimum absolute atomic E-state index is 0.0776. The largest absolute Gasteiger partial charge is 0.393 e. The Bertz CT molecular complexity index is 425. The summed E-state index contributed by atoms with van der Waals surface area (Å²) in [5.41, 5.74) is 0. The van der Waals surface area contributed by atoms with E-state index in [1.165, 1.54) is 6.42 Å². The van der Waals surface area contributed by atoms with Crippen molar-refractivity contribution in [3.63, 3.8) is 0 Å². The molecule has 0 bridgehead atoms. The fraction of sp³-hybridized carbons (Fsp3) is 0.846. The third-order valence-corrected chi connectivity index (χ3v) is 5.11. The van der Waals surface area contributed by atoms with E-state index in [0.717, 1.165) is 49.2 Å². The van der Waals surface area contributed by atoms with Crippen molar-refractivity contribution in [2.75, 3.05) is 25.0 Å². The quantitative estimate of drug-likeness (QED) is 0.858. The Labute approximate surface area is 118 Å². The maximum Gasteiger partial charge on any atom is 0.205 e. The normalized spacial score (nSPS) is 30.7. The molecule has 3 unspecified atom stereocenters. The van der Waals surface area contributed by atoms with Crippen molar-refractivity contribution in [3.05, 3.63) is 5.01 Å². The van der Waals surface area contributed by atoms with E-state index in [4.69, 9.17) is 0 Å². The summed E-state index contributed by atoms with van der Waals surface area (Å²) < 4.78 is 0. The fourth-order valence-electron chi connectivity index (χ4n) is 3.27. The van der Waals surface area contributed by atoms with Crippen molar-refractivity contribution in [1.82, 2.24) is 15.1 Å². The first-order valence-corrected chi connectivity index (χ1v) is 8.04. The van der Waals surface area contributed by atoms with Crippen LogP contribution in [0.25, 0.3) is 0 Å². The molecule has 0 aromatic carbocycles. The second-order valence-electron chi connectivity index (χ2n) is 5.69. The first-order valence-electron chi connectivity index (χ1n) is 7.23. The van der Waals surface area contributed by atoms with E-state index in [2.05, 4.69) is 27.3 Å². The Morgan fingerprint density at radius 2 is 2.26 bits per heavy atom. The van der Waals surface area contributed by atoms with Crippen LogP contribution < -0.4 is 5.32 Å². The predicted molar refractivity (Wildman–Crippen MR) is 76.2 cm³/mol. The van der Waals surface area contributed by atoms with Crippen LogP contribution in [0.5, 0.6) is 0 Å². The van der Waals surface area contributed by atoms with Crippen molar-refractivity contribution < 1.29 is 5.11 Å². The van der Waals surface area contributed by atoms with Crippen LogP contribution in [0.15, 0.2) is 0 Å². The summed E-state index contributed by atoms with van der Waals surface area (Å²) in [6.07, 6.45) is 3.20. The van der Waals surface area contributed by atoms with Gasteiger partial charge in [-0.05, 0) is 25.2 Å². The Hall–Kier alpha value is -0.720. The van der Waals surface area contributed by atoms with E-state index >= 15 is 0 Å². The number of rotatable bonds is 5. The van der Waals surface area contributed by atoms with E-state index in [0.29, 0.717) is 11.8 Å². The molecule has 2 heterocycles. The highest BCUT2D eigenvalue weighted by atomic mass is 32.1. The number of nitrogens with one attached hydrogen (secondary N) is 1. The molecule has 1 aliphatic heterocycles. The van der Waals surface area contributed by atoms with Gasteiger partial charge in [0, 0.05) is 25.6 Å². The fourth-order valence-corrected chi connectivity index (χ4v) is 4.08. The minimum Gasteiger partial charge on any atom is -0.393 e. The molecule has 19 heavy (non-hydrogen) atoms. The molecule has 1 aliphatic carbocycles. The van der Waals surface area contributed by atoms with Gasteiger partial charge < -0.3 is 10.4 Å². The summed E-state index contributed by atoms with van der Waals surface area (Å²) in [7, 11) is 0. The van der Waals surface area contributed by atoms with E-state index in [1.54, 1.807) is 11.3 Å². The van der Waals surface area contributed by atoms with Gasteiger partial charge in [0.25, 0.3) is 0 Å². The zero-order chi connectivity index (χ0) is 13.2. The number of aliphatic hydroxyl groups is 1. The van der Waals surface area contributed by atoms with Gasteiger partial charge in [-0.3, -0.25) is 4.90 Å². The van der Waals surface area contributed by atoms with E-state index in [-0.39, 0.29) is 6.10 Å². The number of aromatic nitrogens is 2. The first-order chi connectivity index (χ1) is 9.26. The molecule has 5 nitrogen and oxygen atoms in total. The van der Waals surface area contributed by atoms with Crippen molar-refractivity contribution in [2.24, 2.45) is 11.8 Å².